The maximum atomic E-state index is 11.6. The first kappa shape index (κ1) is 30.8. The molecule has 0 saturated heterocycles. The van der Waals surface area contributed by atoms with E-state index in [1.54, 1.807) is 13.0 Å². The maximum Gasteiger partial charge on any atom is 1.00 e. The summed E-state index contributed by atoms with van der Waals surface area (Å²) in [5.74, 6) is 1.51. The van der Waals surface area contributed by atoms with E-state index in [1.807, 2.05) is 44.2 Å². The van der Waals surface area contributed by atoms with Gasteiger partial charge in [0.2, 0.25) is 0 Å². The number of benzene rings is 4. The van der Waals surface area contributed by atoms with Crippen molar-refractivity contribution in [3.63, 3.8) is 0 Å². The minimum absolute atomic E-state index is 0. The van der Waals surface area contributed by atoms with Gasteiger partial charge in [0.05, 0.1) is 4.90 Å². The van der Waals surface area contributed by atoms with Gasteiger partial charge >= 0.3 is 59.1 Å². The molecule has 8 heteroatoms. The van der Waals surface area contributed by atoms with Crippen molar-refractivity contribution in [2.45, 2.75) is 32.6 Å². The van der Waals surface area contributed by atoms with E-state index < -0.39 is 10.1 Å². The number of hydrogen-bond donors (Lipinski definition) is 0. The molecule has 4 aromatic carbocycles. The van der Waals surface area contributed by atoms with Gasteiger partial charge in [-0.05, 0) is 55.2 Å². The number of furan rings is 2. The van der Waals surface area contributed by atoms with Crippen molar-refractivity contribution in [3.05, 3.63) is 101 Å². The first-order chi connectivity index (χ1) is 18.1. The van der Waals surface area contributed by atoms with Crippen LogP contribution >= 0.6 is 0 Å². The summed E-state index contributed by atoms with van der Waals surface area (Å²) in [4.78, 5) is -0.254. The minimum atomic E-state index is -4.58. The molecule has 6 aromatic rings. The van der Waals surface area contributed by atoms with E-state index in [0.717, 1.165) is 61.1 Å². The Balaban J connectivity index is 0.00000185. The monoisotopic (exact) mass is 566 g/mol. The van der Waals surface area contributed by atoms with Crippen molar-refractivity contribution in [2.75, 3.05) is 0 Å². The van der Waals surface area contributed by atoms with Crippen LogP contribution in [-0.4, -0.2) is 13.0 Å². The van der Waals surface area contributed by atoms with Gasteiger partial charge < -0.3 is 13.4 Å². The fourth-order valence-corrected chi connectivity index (χ4v) is 5.78. The largest absolute Gasteiger partial charge is 1.00 e. The molecule has 0 aliphatic heterocycles. The number of hydrogen-bond acceptors (Lipinski definition) is 5. The molecule has 190 valence electrons. The Kier molecular flexibility index (Phi) is 8.96. The fourth-order valence-electron chi connectivity index (χ4n) is 5.08. The molecule has 5 nitrogen and oxygen atoms in total. The molecule has 0 radical (unpaired) electrons. The maximum absolute atomic E-state index is 11.6. The van der Waals surface area contributed by atoms with Crippen LogP contribution in [0.1, 0.15) is 22.3 Å². The molecular formula is C32H24Na2O5S. The predicted molar refractivity (Wildman–Crippen MR) is 148 cm³/mol. The number of rotatable bonds is 4. The molecule has 6 rings (SSSR count). The van der Waals surface area contributed by atoms with Crippen molar-refractivity contribution in [1.82, 2.24) is 0 Å². The molecule has 0 unspecified atom stereocenters. The zero-order valence-corrected chi connectivity index (χ0v) is 28.2. The molecule has 40 heavy (non-hydrogen) atoms. The smallest absolute Gasteiger partial charge is 0.744 e. The van der Waals surface area contributed by atoms with Gasteiger partial charge in [0.1, 0.15) is 27.2 Å². The van der Waals surface area contributed by atoms with E-state index in [2.05, 4.69) is 43.3 Å². The van der Waals surface area contributed by atoms with Gasteiger partial charge in [0, 0.05) is 27.7 Å². The second-order valence-electron chi connectivity index (χ2n) is 9.73. The van der Waals surface area contributed by atoms with Crippen molar-refractivity contribution in [2.24, 2.45) is 0 Å². The molecule has 2 heterocycles. The van der Waals surface area contributed by atoms with Crippen LogP contribution in [0, 0.1) is 33.8 Å². The Morgan fingerprint density at radius 3 is 1.60 bits per heavy atom. The first-order valence-corrected chi connectivity index (χ1v) is 13.6. The Hall–Kier alpha value is -2.13. The zero-order valence-electron chi connectivity index (χ0n) is 23.4. The van der Waals surface area contributed by atoms with E-state index in [9.17, 15) is 13.0 Å². The van der Waals surface area contributed by atoms with Crippen LogP contribution in [-0.2, 0) is 10.1 Å². The van der Waals surface area contributed by atoms with Crippen LogP contribution in [0.5, 0.6) is 0 Å². The molecular weight excluding hydrogens is 542 g/mol. The molecule has 2 aromatic heterocycles. The van der Waals surface area contributed by atoms with Gasteiger partial charge in [-0.25, -0.2) is 8.42 Å². The SMILES string of the molecule is Cc1[c-]cc2oc(-c3ccc(-c4ccc(-c5oc6cc(S(=O)(=O)[O-])c(C)cc6c5C)cc4)cc3)c(C)c2c1.[Na+].[Na+]. The van der Waals surface area contributed by atoms with Crippen LogP contribution in [0.3, 0.4) is 0 Å². The third-order valence-corrected chi connectivity index (χ3v) is 8.12. The Morgan fingerprint density at radius 1 is 0.650 bits per heavy atom. The van der Waals surface area contributed by atoms with Gasteiger partial charge in [-0.2, -0.15) is 17.7 Å². The molecule has 0 aliphatic rings. The summed E-state index contributed by atoms with van der Waals surface area (Å²) < 4.78 is 46.9. The molecule has 0 amide bonds. The molecule has 0 atom stereocenters. The van der Waals surface area contributed by atoms with Gasteiger partial charge in [-0.1, -0.05) is 60.8 Å². The molecule has 0 N–H and O–H groups in total. The summed E-state index contributed by atoms with van der Waals surface area (Å²) in [7, 11) is -4.58. The summed E-state index contributed by atoms with van der Waals surface area (Å²) in [5, 5.41) is 1.90. The first-order valence-electron chi connectivity index (χ1n) is 12.2. The third-order valence-electron chi connectivity index (χ3n) is 7.14. The van der Waals surface area contributed by atoms with E-state index in [-0.39, 0.29) is 64.0 Å². The molecule has 0 bridgehead atoms. The summed E-state index contributed by atoms with van der Waals surface area (Å²) in [6.07, 6.45) is 0. The van der Waals surface area contributed by atoms with Gasteiger partial charge in [-0.3, -0.25) is 0 Å². The van der Waals surface area contributed by atoms with Gasteiger partial charge in [0.25, 0.3) is 0 Å². The minimum Gasteiger partial charge on any atom is -0.744 e. The normalized spacial score (nSPS) is 11.4. The van der Waals surface area contributed by atoms with Crippen LogP contribution < -0.4 is 59.1 Å². The fraction of sp³-hybridized carbons (Fsp3) is 0.125. The van der Waals surface area contributed by atoms with Crippen molar-refractivity contribution >= 4 is 32.1 Å². The average Bonchev–Trinajstić information content (AvgIpc) is 3.39. The number of fused-ring (bicyclic) bond motifs is 2. The summed E-state index contributed by atoms with van der Waals surface area (Å²) >= 11 is 0. The Morgan fingerprint density at radius 2 is 1.10 bits per heavy atom. The van der Waals surface area contributed by atoms with Gasteiger partial charge in [-0.15, -0.1) is 6.07 Å². The summed E-state index contributed by atoms with van der Waals surface area (Å²) in [5.41, 5.74) is 8.73. The van der Waals surface area contributed by atoms with Crippen molar-refractivity contribution in [3.8, 4) is 33.8 Å². The van der Waals surface area contributed by atoms with Crippen LogP contribution in [0.4, 0.5) is 0 Å². The van der Waals surface area contributed by atoms with E-state index in [4.69, 9.17) is 8.83 Å². The summed E-state index contributed by atoms with van der Waals surface area (Å²) in [6, 6.07) is 26.5. The van der Waals surface area contributed by atoms with E-state index in [1.165, 1.54) is 6.07 Å². The Labute approximate surface area is 277 Å². The molecule has 0 fully saturated rings. The van der Waals surface area contributed by atoms with Crippen LogP contribution in [0.15, 0.2) is 86.5 Å². The molecule has 0 aliphatic carbocycles. The van der Waals surface area contributed by atoms with Gasteiger partial charge in [0.15, 0.2) is 0 Å². The van der Waals surface area contributed by atoms with E-state index >= 15 is 0 Å². The van der Waals surface area contributed by atoms with Crippen LogP contribution in [0.25, 0.3) is 55.7 Å². The topological polar surface area (TPSA) is 83.5 Å². The standard InChI is InChI=1S/C32H25O5S.2Na/c1-18-5-14-28-26(15-18)20(3)31(36-28)24-10-6-22(7-11-24)23-8-12-25(13-9-23)32-21(4)27-16-19(2)30(38(33,34)35)17-29(27)37-32;;/h6-17H,1-4H3,(H,33,34,35);;/q-1;2*+1/p-1. The second-order valence-corrected chi connectivity index (χ2v) is 11.1. The van der Waals surface area contributed by atoms with Crippen molar-refractivity contribution in [1.29, 1.82) is 0 Å². The third kappa shape index (κ3) is 5.52. The number of aryl methyl sites for hydroxylation is 4. The predicted octanol–water partition coefficient (Wildman–Crippen LogP) is 2.13. The van der Waals surface area contributed by atoms with Crippen molar-refractivity contribution < 1.29 is 80.9 Å². The molecule has 0 spiro atoms. The molecule has 0 saturated carbocycles. The second kappa shape index (κ2) is 11.6. The van der Waals surface area contributed by atoms with Crippen LogP contribution in [0.2, 0.25) is 0 Å². The summed E-state index contributed by atoms with van der Waals surface area (Å²) in [6.45, 7) is 7.65. The van der Waals surface area contributed by atoms with E-state index in [0.29, 0.717) is 16.9 Å². The Bertz CT molecular complexity index is 1970. The quantitative estimate of drug-likeness (QED) is 0.186. The average molecular weight is 567 g/mol. The zero-order chi connectivity index (χ0) is 26.8.